The fourth-order valence-electron chi connectivity index (χ4n) is 10.8. The zero-order valence-electron chi connectivity index (χ0n) is 40.6. The van der Waals surface area contributed by atoms with Gasteiger partial charge in [0.2, 0.25) is 0 Å². The summed E-state index contributed by atoms with van der Waals surface area (Å²) in [6, 6.07) is 43.3. The number of aromatic nitrogens is 2. The smallest absolute Gasteiger partial charge is 0.135 e. The van der Waals surface area contributed by atoms with Crippen LogP contribution in [0.1, 0.15) is 166 Å². The van der Waals surface area contributed by atoms with Crippen LogP contribution in [0.4, 0.5) is 22.7 Å². The molecule has 2 aliphatic carbocycles. The average Bonchev–Trinajstić information content (AvgIpc) is 3.84. The normalized spacial score (nSPS) is 16.5. The molecule has 0 N–H and O–H groups in total. The van der Waals surface area contributed by atoms with Gasteiger partial charge in [0.1, 0.15) is 5.82 Å². The van der Waals surface area contributed by atoms with Crippen LogP contribution in [0.25, 0.3) is 27.6 Å². The second kappa shape index (κ2) is 18.0. The number of hydrogen-bond donors (Lipinski definition) is 0. The van der Waals surface area contributed by atoms with Crippen LogP contribution in [0.3, 0.4) is 0 Å². The third-order valence-electron chi connectivity index (χ3n) is 14.6. The molecule has 5 aromatic carbocycles. The van der Waals surface area contributed by atoms with Crippen LogP contribution < -0.4 is 14.5 Å². The van der Waals surface area contributed by atoms with E-state index >= 15 is 0 Å². The molecule has 0 amide bonds. The molecule has 2 fully saturated rings. The van der Waals surface area contributed by atoms with E-state index in [9.17, 15) is 0 Å². The summed E-state index contributed by atoms with van der Waals surface area (Å²) in [4.78, 5) is 9.84. The van der Waals surface area contributed by atoms with Gasteiger partial charge in [-0.2, -0.15) is 6.07 Å². The van der Waals surface area contributed by atoms with Gasteiger partial charge in [-0.25, -0.2) is 4.98 Å². The van der Waals surface area contributed by atoms with E-state index in [4.69, 9.17) is 9.72 Å². The number of anilines is 4. The fourth-order valence-corrected chi connectivity index (χ4v) is 10.8. The predicted molar refractivity (Wildman–Crippen MR) is 272 cm³/mol. The number of rotatable bonds is 7. The number of benzene rings is 5. The molecule has 10 rings (SSSR count). The van der Waals surface area contributed by atoms with Crippen molar-refractivity contribution in [1.82, 2.24) is 9.55 Å². The Balaban J connectivity index is 0.00000548. The summed E-state index contributed by atoms with van der Waals surface area (Å²) < 4.78 is 9.16. The first-order valence-electron chi connectivity index (χ1n) is 24.5. The molecule has 3 heterocycles. The number of para-hydroxylation sites is 3. The van der Waals surface area contributed by atoms with Crippen LogP contribution in [0.5, 0.6) is 11.5 Å². The number of pyridine rings is 1. The summed E-state index contributed by atoms with van der Waals surface area (Å²) in [5, 5.41) is 2.28. The summed E-state index contributed by atoms with van der Waals surface area (Å²) >= 11 is 0. The Bertz CT molecular complexity index is 2840. The zero-order valence-corrected chi connectivity index (χ0v) is 42.9. The van der Waals surface area contributed by atoms with Crippen LogP contribution >= 0.6 is 0 Å². The molecule has 6 heteroatoms. The summed E-state index contributed by atoms with van der Waals surface area (Å²) in [6.45, 7) is 23.1. The van der Waals surface area contributed by atoms with Crippen molar-refractivity contribution in [3.05, 3.63) is 150 Å². The molecule has 0 bridgehead atoms. The van der Waals surface area contributed by atoms with Gasteiger partial charge >= 0.3 is 0 Å². The maximum atomic E-state index is 6.93. The predicted octanol–water partition coefficient (Wildman–Crippen LogP) is 17.0. The molecule has 0 atom stereocenters. The Morgan fingerprint density at radius 1 is 0.561 bits per heavy atom. The first-order chi connectivity index (χ1) is 31.1. The van der Waals surface area contributed by atoms with Crippen molar-refractivity contribution in [2.45, 2.75) is 155 Å². The number of fused-ring (bicyclic) bond motifs is 4. The Morgan fingerprint density at radius 3 is 1.76 bits per heavy atom. The minimum atomic E-state index is -0.143. The van der Waals surface area contributed by atoms with Crippen LogP contribution in [-0.4, -0.2) is 9.55 Å². The molecule has 66 heavy (non-hydrogen) atoms. The Hall–Kier alpha value is -4.86. The third-order valence-corrected chi connectivity index (χ3v) is 14.6. The first-order valence-corrected chi connectivity index (χ1v) is 24.5. The van der Waals surface area contributed by atoms with Gasteiger partial charge in [0.05, 0.1) is 0 Å². The van der Waals surface area contributed by atoms with Gasteiger partial charge < -0.3 is 19.1 Å². The standard InChI is InChI=1S/C60H67N4O.Pt/c1-58(2,3)42-30-31-61-56(36-42)64-52-25-17-16-24-48(52)49-29-28-46(38-55(49)64)65-47-33-43(59(4,5)6)32-45(37-47)62-39-63(54-27-19-18-26-53(54)62)57-50(40-20-12-10-13-21-40)34-44(60(7,8)9)35-51(57)41-22-14-11-15-23-41;/h16-19,24-36,39-41H,10-15,20-23H2,1-9H3;/q-3;. The molecular formula is C60H67N4OPt-3. The quantitative estimate of drug-likeness (QED) is 0.149. The van der Waals surface area contributed by atoms with Gasteiger partial charge in [-0.3, -0.25) is 0 Å². The summed E-state index contributed by atoms with van der Waals surface area (Å²) in [6.07, 6.45) is 14.9. The third kappa shape index (κ3) is 8.87. The van der Waals surface area contributed by atoms with E-state index in [1.165, 1.54) is 92.3 Å². The number of hydrogen-bond acceptors (Lipinski definition) is 4. The molecule has 1 aliphatic heterocycles. The summed E-state index contributed by atoms with van der Waals surface area (Å²) in [5.41, 5.74) is 13.7. The summed E-state index contributed by atoms with van der Waals surface area (Å²) in [7, 11) is 0. The average molecular weight is 1060 g/mol. The van der Waals surface area contributed by atoms with Gasteiger partial charge in [0.25, 0.3) is 0 Å². The molecule has 0 saturated heterocycles. The van der Waals surface area contributed by atoms with Crippen LogP contribution in [-0.2, 0) is 37.3 Å². The van der Waals surface area contributed by atoms with E-state index in [0.717, 1.165) is 39.0 Å². The maximum Gasteiger partial charge on any atom is 0.135 e. The minimum Gasteiger partial charge on any atom is -0.509 e. The molecular weight excluding hydrogens is 988 g/mol. The molecule has 5 nitrogen and oxygen atoms in total. The van der Waals surface area contributed by atoms with Gasteiger partial charge in [-0.1, -0.05) is 149 Å². The Morgan fingerprint density at radius 2 is 1.14 bits per heavy atom. The van der Waals surface area contributed by atoms with Crippen LogP contribution in [0.2, 0.25) is 0 Å². The van der Waals surface area contributed by atoms with E-state index in [2.05, 4.69) is 193 Å². The number of ether oxygens (including phenoxy) is 1. The van der Waals surface area contributed by atoms with Crippen LogP contribution in [0.15, 0.2) is 103 Å². The van der Waals surface area contributed by atoms with Crippen molar-refractivity contribution in [3.63, 3.8) is 0 Å². The van der Waals surface area contributed by atoms with Gasteiger partial charge in [0.15, 0.2) is 0 Å². The van der Waals surface area contributed by atoms with Gasteiger partial charge in [-0.15, -0.1) is 53.6 Å². The molecule has 3 aliphatic rings. The molecule has 0 spiro atoms. The van der Waals surface area contributed by atoms with Crippen molar-refractivity contribution in [2.75, 3.05) is 9.80 Å². The van der Waals surface area contributed by atoms with Crippen molar-refractivity contribution in [3.8, 4) is 17.3 Å². The number of nitrogens with zero attached hydrogens (tertiary/aromatic N) is 4. The van der Waals surface area contributed by atoms with Crippen molar-refractivity contribution in [2.24, 2.45) is 0 Å². The largest absolute Gasteiger partial charge is 0.509 e. The van der Waals surface area contributed by atoms with E-state index < -0.39 is 0 Å². The minimum absolute atomic E-state index is 0. The van der Waals surface area contributed by atoms with E-state index in [-0.39, 0.29) is 37.3 Å². The monoisotopic (exact) mass is 1050 g/mol. The topological polar surface area (TPSA) is 33.5 Å². The molecule has 0 radical (unpaired) electrons. The first kappa shape index (κ1) is 46.3. The van der Waals surface area contributed by atoms with E-state index in [1.807, 2.05) is 6.20 Å². The Kier molecular flexibility index (Phi) is 12.6. The zero-order chi connectivity index (χ0) is 45.3. The van der Waals surface area contributed by atoms with Crippen LogP contribution in [0, 0.1) is 18.8 Å². The van der Waals surface area contributed by atoms with Crippen molar-refractivity contribution in [1.29, 1.82) is 0 Å². The Labute approximate surface area is 409 Å². The SMILES string of the molecule is CC(C)(C)c1cc(Oc2[c-]c3c(cc2)c2ccccc2n3-c2cc(C(C)(C)C)ccn2)[c-]c(N2[CH-]N(c3c(C4CCCCC4)cc(C(C)(C)C)cc3C3CCCCC3)c3ccccc32)c1.[Pt]. The van der Waals surface area contributed by atoms with E-state index in [1.54, 1.807) is 11.1 Å². The molecule has 346 valence electrons. The van der Waals surface area contributed by atoms with Gasteiger partial charge in [0, 0.05) is 61.3 Å². The second-order valence-corrected chi connectivity index (χ2v) is 22.3. The maximum absolute atomic E-state index is 6.93. The fraction of sp³-hybridized carbons (Fsp3) is 0.400. The molecule has 2 saturated carbocycles. The van der Waals surface area contributed by atoms with E-state index in [0.29, 0.717) is 23.3 Å². The second-order valence-electron chi connectivity index (χ2n) is 22.3. The van der Waals surface area contributed by atoms with Gasteiger partial charge in [-0.05, 0) is 112 Å². The molecule has 7 aromatic rings. The van der Waals surface area contributed by atoms with Crippen molar-refractivity contribution < 1.29 is 25.8 Å². The molecule has 2 aromatic heterocycles. The summed E-state index contributed by atoms with van der Waals surface area (Å²) in [5.74, 6) is 3.30. The van der Waals surface area contributed by atoms with Crippen molar-refractivity contribution >= 4 is 44.6 Å². The molecule has 0 unspecified atom stereocenters.